The molecule has 1 atom stereocenters. The molecule has 0 saturated carbocycles. The molecule has 1 unspecified atom stereocenters. The highest BCUT2D eigenvalue weighted by Crippen LogP contribution is 2.31. The monoisotopic (exact) mass is 560 g/mol. The van der Waals surface area contributed by atoms with Crippen LogP contribution in [-0.4, -0.2) is 43.5 Å². The summed E-state index contributed by atoms with van der Waals surface area (Å²) in [6.45, 7) is 7.45. The fourth-order valence-corrected chi connectivity index (χ4v) is 3.52. The largest absolute Gasteiger partial charge is 0.573 e. The summed E-state index contributed by atoms with van der Waals surface area (Å²) in [5.41, 5.74) is -0.907. The Balaban J connectivity index is 1.61. The molecule has 0 spiro atoms. The third-order valence-corrected chi connectivity index (χ3v) is 5.49. The van der Waals surface area contributed by atoms with Crippen LogP contribution >= 0.6 is 0 Å². The SMILES string of the molecule is CCOC(=O)C(C)(C)Oc1ccc(OCC(C)COc2ccc(OC(F)(F)F)cc2C(=O)c2ccccc2)cc1. The molecule has 0 amide bonds. The summed E-state index contributed by atoms with van der Waals surface area (Å²) in [5, 5.41) is 0. The Morgan fingerprint density at radius 3 is 2.02 bits per heavy atom. The number of halogens is 3. The minimum atomic E-state index is -4.90. The van der Waals surface area contributed by atoms with E-state index in [0.717, 1.165) is 12.1 Å². The van der Waals surface area contributed by atoms with Gasteiger partial charge in [0.15, 0.2) is 11.4 Å². The second-order valence-electron chi connectivity index (χ2n) is 9.43. The van der Waals surface area contributed by atoms with Crippen molar-refractivity contribution in [3.63, 3.8) is 0 Å². The van der Waals surface area contributed by atoms with E-state index < -0.39 is 29.5 Å². The normalized spacial score (nSPS) is 12.3. The van der Waals surface area contributed by atoms with Gasteiger partial charge in [-0.3, -0.25) is 4.79 Å². The fourth-order valence-electron chi connectivity index (χ4n) is 3.52. The van der Waals surface area contributed by atoms with Gasteiger partial charge in [0.2, 0.25) is 0 Å². The molecule has 0 fully saturated rings. The summed E-state index contributed by atoms with van der Waals surface area (Å²) in [4.78, 5) is 25.1. The van der Waals surface area contributed by atoms with E-state index in [1.807, 2.05) is 6.92 Å². The minimum Gasteiger partial charge on any atom is -0.493 e. The van der Waals surface area contributed by atoms with Gasteiger partial charge in [-0.25, -0.2) is 4.79 Å². The zero-order chi connectivity index (χ0) is 29.3. The molecule has 0 radical (unpaired) electrons. The molecule has 0 N–H and O–H groups in total. The van der Waals surface area contributed by atoms with Crippen molar-refractivity contribution in [2.45, 2.75) is 39.7 Å². The lowest BCUT2D eigenvalue weighted by Gasteiger charge is -2.24. The first kappa shape index (κ1) is 30.3. The van der Waals surface area contributed by atoms with Crippen LogP contribution in [0.1, 0.15) is 43.6 Å². The van der Waals surface area contributed by atoms with Gasteiger partial charge in [0, 0.05) is 11.5 Å². The smallest absolute Gasteiger partial charge is 0.493 e. The number of benzene rings is 3. The van der Waals surface area contributed by atoms with Crippen molar-refractivity contribution >= 4 is 11.8 Å². The summed E-state index contributed by atoms with van der Waals surface area (Å²) >= 11 is 0. The van der Waals surface area contributed by atoms with Gasteiger partial charge in [0.25, 0.3) is 0 Å². The molecule has 3 rings (SSSR count). The van der Waals surface area contributed by atoms with Crippen LogP contribution in [0, 0.1) is 5.92 Å². The number of carbonyl (C=O) groups is 2. The molecule has 10 heteroatoms. The van der Waals surface area contributed by atoms with Crippen molar-refractivity contribution < 1.29 is 46.4 Å². The van der Waals surface area contributed by atoms with Gasteiger partial charge >= 0.3 is 12.3 Å². The van der Waals surface area contributed by atoms with Gasteiger partial charge in [-0.15, -0.1) is 13.2 Å². The second-order valence-corrected chi connectivity index (χ2v) is 9.43. The van der Waals surface area contributed by atoms with E-state index in [9.17, 15) is 22.8 Å². The Hall–Kier alpha value is -4.21. The Bertz CT molecular complexity index is 1270. The van der Waals surface area contributed by atoms with Crippen LogP contribution in [0.4, 0.5) is 13.2 Å². The van der Waals surface area contributed by atoms with Crippen LogP contribution in [0.2, 0.25) is 0 Å². The molecule has 0 aliphatic carbocycles. The van der Waals surface area contributed by atoms with Gasteiger partial charge < -0.3 is 23.7 Å². The zero-order valence-corrected chi connectivity index (χ0v) is 22.6. The van der Waals surface area contributed by atoms with Crippen molar-refractivity contribution in [3.05, 3.63) is 83.9 Å². The third kappa shape index (κ3) is 8.93. The predicted octanol–water partition coefficient (Wildman–Crippen LogP) is 6.63. The molecule has 0 saturated heterocycles. The number of alkyl halides is 3. The van der Waals surface area contributed by atoms with Crippen LogP contribution in [0.25, 0.3) is 0 Å². The Morgan fingerprint density at radius 2 is 1.40 bits per heavy atom. The van der Waals surface area contributed by atoms with E-state index in [1.165, 1.54) is 6.07 Å². The number of rotatable bonds is 13. The summed E-state index contributed by atoms with van der Waals surface area (Å²) in [6, 6.07) is 18.3. The van der Waals surface area contributed by atoms with Gasteiger partial charge in [-0.05, 0) is 63.2 Å². The number of hydrogen-bond donors (Lipinski definition) is 0. The fraction of sp³-hybridized carbons (Fsp3) is 0.333. The summed E-state index contributed by atoms with van der Waals surface area (Å²) in [5.74, 6) is -0.489. The standard InChI is InChI=1S/C30H31F3O7/c1-5-36-28(35)29(3,4)39-23-13-11-22(12-14-23)37-18-20(2)19-38-26-16-15-24(40-30(31,32)33)17-25(26)27(34)21-9-7-6-8-10-21/h6-17,20H,5,18-19H2,1-4H3. The molecule has 7 nitrogen and oxygen atoms in total. The molecule has 0 aliphatic rings. The van der Waals surface area contributed by atoms with Gasteiger partial charge in [0.05, 0.1) is 25.4 Å². The molecule has 40 heavy (non-hydrogen) atoms. The van der Waals surface area contributed by atoms with Crippen LogP contribution < -0.4 is 18.9 Å². The Labute approximate surface area is 230 Å². The average molecular weight is 561 g/mol. The van der Waals surface area contributed by atoms with Crippen LogP contribution in [0.15, 0.2) is 72.8 Å². The molecule has 0 aliphatic heterocycles. The lowest BCUT2D eigenvalue weighted by atomic mass is 10.0. The maximum absolute atomic E-state index is 13.0. The highest BCUT2D eigenvalue weighted by Gasteiger charge is 2.32. The van der Waals surface area contributed by atoms with Crippen molar-refractivity contribution in [3.8, 4) is 23.0 Å². The molecular weight excluding hydrogens is 529 g/mol. The maximum atomic E-state index is 13.0. The lowest BCUT2D eigenvalue weighted by Crippen LogP contribution is -2.39. The number of ketones is 1. The number of hydrogen-bond acceptors (Lipinski definition) is 7. The van der Waals surface area contributed by atoms with E-state index in [1.54, 1.807) is 75.4 Å². The average Bonchev–Trinajstić information content (AvgIpc) is 2.91. The van der Waals surface area contributed by atoms with E-state index in [0.29, 0.717) is 17.1 Å². The quantitative estimate of drug-likeness (QED) is 0.171. The maximum Gasteiger partial charge on any atom is 0.573 e. The zero-order valence-electron chi connectivity index (χ0n) is 22.6. The lowest BCUT2D eigenvalue weighted by molar-refractivity contribution is -0.274. The van der Waals surface area contributed by atoms with Crippen molar-refractivity contribution in [2.24, 2.45) is 5.92 Å². The minimum absolute atomic E-state index is 0.0533. The first-order valence-corrected chi connectivity index (χ1v) is 12.6. The second kappa shape index (κ2) is 13.2. The molecule has 214 valence electrons. The highest BCUT2D eigenvalue weighted by atomic mass is 19.4. The van der Waals surface area contributed by atoms with E-state index in [-0.39, 0.29) is 37.1 Å². The highest BCUT2D eigenvalue weighted by molar-refractivity contribution is 6.10. The summed E-state index contributed by atoms with van der Waals surface area (Å²) in [6.07, 6.45) is -4.90. The predicted molar refractivity (Wildman–Crippen MR) is 141 cm³/mol. The molecule has 3 aromatic rings. The van der Waals surface area contributed by atoms with Crippen molar-refractivity contribution in [1.29, 1.82) is 0 Å². The van der Waals surface area contributed by atoms with E-state index in [4.69, 9.17) is 18.9 Å². The van der Waals surface area contributed by atoms with E-state index in [2.05, 4.69) is 4.74 Å². The topological polar surface area (TPSA) is 80.3 Å². The molecule has 0 heterocycles. The first-order chi connectivity index (χ1) is 18.9. The molecular formula is C30H31F3O7. The molecule has 0 aromatic heterocycles. The van der Waals surface area contributed by atoms with Gasteiger partial charge in [-0.2, -0.15) is 0 Å². The van der Waals surface area contributed by atoms with Crippen LogP contribution in [-0.2, 0) is 9.53 Å². The third-order valence-electron chi connectivity index (χ3n) is 5.49. The summed E-state index contributed by atoms with van der Waals surface area (Å²) < 4.78 is 64.6. The number of ether oxygens (including phenoxy) is 5. The Kier molecular flexibility index (Phi) is 10.0. The molecule has 3 aromatic carbocycles. The number of esters is 1. The summed E-state index contributed by atoms with van der Waals surface area (Å²) in [7, 11) is 0. The van der Waals surface area contributed by atoms with Crippen molar-refractivity contribution in [1.82, 2.24) is 0 Å². The number of carbonyl (C=O) groups excluding carboxylic acids is 2. The van der Waals surface area contributed by atoms with Crippen LogP contribution in [0.3, 0.4) is 0 Å². The first-order valence-electron chi connectivity index (χ1n) is 12.6. The van der Waals surface area contributed by atoms with E-state index >= 15 is 0 Å². The van der Waals surface area contributed by atoms with Crippen molar-refractivity contribution in [2.75, 3.05) is 19.8 Å². The molecule has 0 bridgehead atoms. The van der Waals surface area contributed by atoms with Crippen LogP contribution in [0.5, 0.6) is 23.0 Å². The van der Waals surface area contributed by atoms with Gasteiger partial charge in [-0.1, -0.05) is 37.3 Å². The Morgan fingerprint density at radius 1 is 0.800 bits per heavy atom. The van der Waals surface area contributed by atoms with Gasteiger partial charge in [0.1, 0.15) is 23.0 Å².